The summed E-state index contributed by atoms with van der Waals surface area (Å²) in [4.78, 5) is 11.9. The molecular formula is C12H21N3O. The molecule has 0 aliphatic carbocycles. The number of aromatic nitrogens is 2. The van der Waals surface area contributed by atoms with Crippen LogP contribution in [0.3, 0.4) is 0 Å². The highest BCUT2D eigenvalue weighted by molar-refractivity contribution is 5.92. The van der Waals surface area contributed by atoms with E-state index in [-0.39, 0.29) is 17.5 Å². The van der Waals surface area contributed by atoms with E-state index in [0.717, 1.165) is 5.69 Å². The van der Waals surface area contributed by atoms with Gasteiger partial charge in [-0.3, -0.25) is 9.48 Å². The Morgan fingerprint density at radius 1 is 1.44 bits per heavy atom. The molecule has 1 heterocycles. The Kier molecular flexibility index (Phi) is 3.41. The molecule has 0 aliphatic heterocycles. The minimum atomic E-state index is -0.230. The minimum Gasteiger partial charge on any atom is -0.346 e. The van der Waals surface area contributed by atoms with Gasteiger partial charge in [-0.15, -0.1) is 0 Å². The number of amides is 1. The van der Waals surface area contributed by atoms with Crippen molar-refractivity contribution >= 4 is 5.91 Å². The van der Waals surface area contributed by atoms with E-state index in [4.69, 9.17) is 0 Å². The molecular weight excluding hydrogens is 202 g/mol. The van der Waals surface area contributed by atoms with Crippen LogP contribution in [-0.2, 0) is 0 Å². The molecule has 16 heavy (non-hydrogen) atoms. The Hall–Kier alpha value is -1.32. The fourth-order valence-electron chi connectivity index (χ4n) is 1.53. The fraction of sp³-hybridized carbons (Fsp3) is 0.667. The summed E-state index contributed by atoms with van der Waals surface area (Å²) >= 11 is 0. The van der Waals surface area contributed by atoms with Crippen LogP contribution in [0.15, 0.2) is 6.07 Å². The summed E-state index contributed by atoms with van der Waals surface area (Å²) in [6.07, 6.45) is 0. The van der Waals surface area contributed by atoms with Gasteiger partial charge in [-0.1, -0.05) is 0 Å². The highest BCUT2D eigenvalue weighted by atomic mass is 16.2. The van der Waals surface area contributed by atoms with E-state index in [1.807, 2.05) is 52.3 Å². The van der Waals surface area contributed by atoms with Gasteiger partial charge in [-0.25, -0.2) is 0 Å². The zero-order valence-corrected chi connectivity index (χ0v) is 11.0. The first kappa shape index (κ1) is 12.7. The summed E-state index contributed by atoms with van der Waals surface area (Å²) in [5, 5.41) is 7.20. The molecule has 4 heteroatoms. The third-order valence-electron chi connectivity index (χ3n) is 2.13. The number of aryl methyl sites for hydroxylation is 1. The molecule has 0 bridgehead atoms. The van der Waals surface area contributed by atoms with Crippen LogP contribution >= 0.6 is 0 Å². The summed E-state index contributed by atoms with van der Waals surface area (Å²) in [6, 6.07) is 2.09. The Labute approximate surface area is 97.0 Å². The van der Waals surface area contributed by atoms with Gasteiger partial charge in [-0.05, 0) is 47.6 Å². The number of hydrogen-bond donors (Lipinski definition) is 1. The van der Waals surface area contributed by atoms with Crippen molar-refractivity contribution in [3.05, 3.63) is 17.5 Å². The molecule has 0 atom stereocenters. The topological polar surface area (TPSA) is 46.9 Å². The van der Waals surface area contributed by atoms with Crippen molar-refractivity contribution in [2.24, 2.45) is 0 Å². The van der Waals surface area contributed by atoms with Crippen LogP contribution in [0.1, 0.15) is 56.8 Å². The predicted octanol–water partition coefficient (Wildman–Crippen LogP) is 2.30. The van der Waals surface area contributed by atoms with Crippen LogP contribution in [0.5, 0.6) is 0 Å². The molecule has 0 saturated heterocycles. The van der Waals surface area contributed by atoms with Gasteiger partial charge in [0.05, 0.1) is 0 Å². The lowest BCUT2D eigenvalue weighted by atomic mass is 10.1. The first-order valence-electron chi connectivity index (χ1n) is 5.59. The largest absolute Gasteiger partial charge is 0.346 e. The smallest absolute Gasteiger partial charge is 0.272 e. The van der Waals surface area contributed by atoms with Crippen LogP contribution in [0.4, 0.5) is 0 Å². The standard InChI is InChI=1S/C12H21N3O/c1-8(2)15-9(3)7-10(14-15)11(16)13-12(4,5)6/h7-8H,1-6H3,(H,13,16). The van der Waals surface area contributed by atoms with Crippen molar-refractivity contribution < 1.29 is 4.79 Å². The second-order valence-electron chi connectivity index (χ2n) is 5.41. The number of carbonyl (C=O) groups excluding carboxylic acids is 1. The summed E-state index contributed by atoms with van der Waals surface area (Å²) in [5.74, 6) is -0.116. The van der Waals surface area contributed by atoms with Crippen molar-refractivity contribution in [1.82, 2.24) is 15.1 Å². The maximum absolute atomic E-state index is 11.9. The van der Waals surface area contributed by atoms with Crippen LogP contribution in [-0.4, -0.2) is 21.2 Å². The number of carbonyl (C=O) groups is 1. The minimum absolute atomic E-state index is 0.116. The first-order chi connectivity index (χ1) is 7.20. The monoisotopic (exact) mass is 223 g/mol. The average molecular weight is 223 g/mol. The number of rotatable bonds is 2. The van der Waals surface area contributed by atoms with Gasteiger partial charge >= 0.3 is 0 Å². The lowest BCUT2D eigenvalue weighted by Crippen LogP contribution is -2.40. The molecule has 0 spiro atoms. The van der Waals surface area contributed by atoms with Gasteiger partial charge in [0.15, 0.2) is 0 Å². The normalized spacial score (nSPS) is 11.9. The highest BCUT2D eigenvalue weighted by Gasteiger charge is 2.18. The van der Waals surface area contributed by atoms with Crippen LogP contribution in [0.25, 0.3) is 0 Å². The Bertz CT molecular complexity index is 385. The average Bonchev–Trinajstić information content (AvgIpc) is 2.44. The Balaban J connectivity index is 2.90. The summed E-state index contributed by atoms with van der Waals surface area (Å²) in [6.45, 7) is 11.9. The van der Waals surface area contributed by atoms with E-state index in [2.05, 4.69) is 10.4 Å². The second-order valence-corrected chi connectivity index (χ2v) is 5.41. The Morgan fingerprint density at radius 3 is 2.38 bits per heavy atom. The van der Waals surface area contributed by atoms with E-state index in [9.17, 15) is 4.79 Å². The molecule has 0 unspecified atom stereocenters. The van der Waals surface area contributed by atoms with Crippen molar-refractivity contribution in [2.45, 2.75) is 53.1 Å². The van der Waals surface area contributed by atoms with Crippen LogP contribution in [0.2, 0.25) is 0 Å². The van der Waals surface area contributed by atoms with E-state index in [1.165, 1.54) is 0 Å². The van der Waals surface area contributed by atoms with Gasteiger partial charge in [-0.2, -0.15) is 5.10 Å². The molecule has 1 amide bonds. The number of hydrogen-bond acceptors (Lipinski definition) is 2. The van der Waals surface area contributed by atoms with E-state index < -0.39 is 0 Å². The van der Waals surface area contributed by atoms with Crippen molar-refractivity contribution in [3.8, 4) is 0 Å². The molecule has 1 rings (SSSR count). The van der Waals surface area contributed by atoms with Crippen molar-refractivity contribution in [2.75, 3.05) is 0 Å². The lowest BCUT2D eigenvalue weighted by Gasteiger charge is -2.19. The van der Waals surface area contributed by atoms with E-state index in [1.54, 1.807) is 0 Å². The Morgan fingerprint density at radius 2 is 2.00 bits per heavy atom. The molecule has 0 fully saturated rings. The molecule has 1 aromatic rings. The first-order valence-corrected chi connectivity index (χ1v) is 5.59. The molecule has 0 radical (unpaired) electrons. The quantitative estimate of drug-likeness (QED) is 0.836. The molecule has 0 aromatic carbocycles. The predicted molar refractivity (Wildman–Crippen MR) is 64.6 cm³/mol. The third-order valence-corrected chi connectivity index (χ3v) is 2.13. The molecule has 4 nitrogen and oxygen atoms in total. The zero-order valence-electron chi connectivity index (χ0n) is 11.0. The van der Waals surface area contributed by atoms with Crippen molar-refractivity contribution in [3.63, 3.8) is 0 Å². The second kappa shape index (κ2) is 4.28. The maximum Gasteiger partial charge on any atom is 0.272 e. The van der Waals surface area contributed by atoms with Gasteiger partial charge in [0.25, 0.3) is 5.91 Å². The van der Waals surface area contributed by atoms with Gasteiger partial charge in [0.1, 0.15) is 5.69 Å². The summed E-state index contributed by atoms with van der Waals surface area (Å²) in [7, 11) is 0. The molecule has 1 aromatic heterocycles. The van der Waals surface area contributed by atoms with Crippen LogP contribution in [0, 0.1) is 6.92 Å². The van der Waals surface area contributed by atoms with Crippen molar-refractivity contribution in [1.29, 1.82) is 0 Å². The van der Waals surface area contributed by atoms with Gasteiger partial charge < -0.3 is 5.32 Å². The molecule has 0 aliphatic rings. The number of nitrogens with zero attached hydrogens (tertiary/aromatic N) is 2. The number of nitrogens with one attached hydrogen (secondary N) is 1. The van der Waals surface area contributed by atoms with Crippen LogP contribution < -0.4 is 5.32 Å². The lowest BCUT2D eigenvalue weighted by molar-refractivity contribution is 0.0913. The maximum atomic E-state index is 11.9. The van der Waals surface area contributed by atoms with E-state index in [0.29, 0.717) is 5.69 Å². The molecule has 90 valence electrons. The highest BCUT2D eigenvalue weighted by Crippen LogP contribution is 2.11. The van der Waals surface area contributed by atoms with Gasteiger partial charge in [0, 0.05) is 17.3 Å². The summed E-state index contributed by atoms with van der Waals surface area (Å²) < 4.78 is 1.86. The third kappa shape index (κ3) is 3.08. The SMILES string of the molecule is Cc1cc(C(=O)NC(C)(C)C)nn1C(C)C. The molecule has 0 saturated carbocycles. The van der Waals surface area contributed by atoms with Gasteiger partial charge in [0.2, 0.25) is 0 Å². The molecule has 1 N–H and O–H groups in total. The summed E-state index contributed by atoms with van der Waals surface area (Å²) in [5.41, 5.74) is 1.27. The zero-order chi connectivity index (χ0) is 12.5. The fourth-order valence-corrected chi connectivity index (χ4v) is 1.53. The van der Waals surface area contributed by atoms with E-state index >= 15 is 0 Å².